The van der Waals surface area contributed by atoms with E-state index in [9.17, 15) is 18.0 Å². The number of hydrogen-bond acceptors (Lipinski definition) is 4. The van der Waals surface area contributed by atoms with Gasteiger partial charge in [0.25, 0.3) is 0 Å². The molecule has 34 heavy (non-hydrogen) atoms. The highest BCUT2D eigenvalue weighted by Gasteiger charge is 2.32. The maximum atomic E-state index is 13.4. The Morgan fingerprint density at radius 1 is 1.03 bits per heavy atom. The lowest BCUT2D eigenvalue weighted by atomic mass is 10.1. The summed E-state index contributed by atoms with van der Waals surface area (Å²) >= 11 is 12.7. The summed E-state index contributed by atoms with van der Waals surface area (Å²) < 4.78 is 27.0. The summed E-state index contributed by atoms with van der Waals surface area (Å²) in [5.74, 6) is -0.849. The number of halogens is 2. The van der Waals surface area contributed by atoms with E-state index < -0.39 is 28.5 Å². The Kier molecular flexibility index (Phi) is 10.4. The minimum atomic E-state index is -3.91. The molecule has 2 amide bonds. The molecule has 0 aromatic heterocycles. The van der Waals surface area contributed by atoms with E-state index in [4.69, 9.17) is 23.2 Å². The summed E-state index contributed by atoms with van der Waals surface area (Å²) in [5, 5.41) is 3.53. The van der Waals surface area contributed by atoms with Crippen LogP contribution in [0.5, 0.6) is 0 Å². The van der Waals surface area contributed by atoms with Crippen molar-refractivity contribution in [2.24, 2.45) is 0 Å². The van der Waals surface area contributed by atoms with Crippen LogP contribution in [-0.4, -0.2) is 55.6 Å². The highest BCUT2D eigenvalue weighted by atomic mass is 35.5. The lowest BCUT2D eigenvalue weighted by Gasteiger charge is -2.32. The molecule has 0 saturated heterocycles. The number of carbonyl (C=O) groups is 2. The van der Waals surface area contributed by atoms with Crippen LogP contribution in [0.15, 0.2) is 47.4 Å². The molecule has 0 bridgehead atoms. The molecule has 0 aliphatic carbocycles. The number of sulfonamides is 1. The molecular weight excluding hydrogens is 497 g/mol. The van der Waals surface area contributed by atoms with Crippen LogP contribution in [0, 0.1) is 6.92 Å². The van der Waals surface area contributed by atoms with Crippen molar-refractivity contribution < 1.29 is 18.0 Å². The molecule has 0 aliphatic rings. The monoisotopic (exact) mass is 527 g/mol. The zero-order valence-corrected chi connectivity index (χ0v) is 22.2. The first-order valence-electron chi connectivity index (χ1n) is 11.1. The van der Waals surface area contributed by atoms with Gasteiger partial charge in [0.2, 0.25) is 21.8 Å². The molecule has 186 valence electrons. The third-order valence-corrected chi connectivity index (χ3v) is 7.94. The fraction of sp³-hybridized carbons (Fsp3) is 0.417. The Morgan fingerprint density at radius 2 is 1.62 bits per heavy atom. The van der Waals surface area contributed by atoms with E-state index in [1.165, 1.54) is 24.1 Å². The minimum absolute atomic E-state index is 0.0339. The van der Waals surface area contributed by atoms with Crippen LogP contribution >= 0.6 is 23.2 Å². The average Bonchev–Trinajstić information content (AvgIpc) is 2.79. The molecule has 2 aromatic rings. The van der Waals surface area contributed by atoms with Gasteiger partial charge in [-0.25, -0.2) is 8.42 Å². The summed E-state index contributed by atoms with van der Waals surface area (Å²) in [4.78, 5) is 27.7. The number of aryl methyl sites for hydroxylation is 1. The van der Waals surface area contributed by atoms with Crippen molar-refractivity contribution >= 4 is 45.0 Å². The summed E-state index contributed by atoms with van der Waals surface area (Å²) in [5.41, 5.74) is 1.41. The second-order valence-corrected chi connectivity index (χ2v) is 10.9. The molecule has 0 aliphatic heterocycles. The molecule has 2 rings (SSSR count). The van der Waals surface area contributed by atoms with E-state index in [1.807, 2.05) is 13.8 Å². The highest BCUT2D eigenvalue weighted by Crippen LogP contribution is 2.27. The lowest BCUT2D eigenvalue weighted by molar-refractivity contribution is -0.141. The van der Waals surface area contributed by atoms with Crippen molar-refractivity contribution in [3.8, 4) is 0 Å². The fourth-order valence-electron chi connectivity index (χ4n) is 3.40. The Labute approximate surface area is 212 Å². The molecular formula is C24H31Cl2N3O4S. The standard InChI is InChI=1S/C24H31Cl2N3O4S/c1-5-14-27-24(31)22(6-2)29(15-19-20(25)8-7-9-21(19)26)23(30)16-28(4)34(32,33)18-12-10-17(3)11-13-18/h7-13,22H,5-6,14-16H2,1-4H3,(H,27,31). The summed E-state index contributed by atoms with van der Waals surface area (Å²) in [6.07, 6.45) is 1.07. The van der Waals surface area contributed by atoms with E-state index in [0.29, 0.717) is 28.6 Å². The van der Waals surface area contributed by atoms with Crippen molar-refractivity contribution in [1.82, 2.24) is 14.5 Å². The Balaban J connectivity index is 2.37. The van der Waals surface area contributed by atoms with Crippen LogP contribution in [0.4, 0.5) is 0 Å². The van der Waals surface area contributed by atoms with Gasteiger partial charge in [-0.1, -0.05) is 60.8 Å². The van der Waals surface area contributed by atoms with Crippen LogP contribution < -0.4 is 5.32 Å². The van der Waals surface area contributed by atoms with Crippen LogP contribution in [0.2, 0.25) is 10.0 Å². The van der Waals surface area contributed by atoms with E-state index in [0.717, 1.165) is 16.3 Å². The number of likely N-dealkylation sites (N-methyl/N-ethyl adjacent to an activating group) is 1. The smallest absolute Gasteiger partial charge is 0.243 e. The van der Waals surface area contributed by atoms with Crippen molar-refractivity contribution in [2.45, 2.75) is 51.1 Å². The second-order valence-electron chi connectivity index (χ2n) is 8.01. The second kappa shape index (κ2) is 12.5. The van der Waals surface area contributed by atoms with E-state index in [1.54, 1.807) is 37.3 Å². The van der Waals surface area contributed by atoms with E-state index >= 15 is 0 Å². The summed E-state index contributed by atoms with van der Waals surface area (Å²) in [6, 6.07) is 10.6. The predicted octanol–water partition coefficient (Wildman–Crippen LogP) is 4.26. The molecule has 0 spiro atoms. The maximum Gasteiger partial charge on any atom is 0.243 e. The zero-order valence-electron chi connectivity index (χ0n) is 19.8. The maximum absolute atomic E-state index is 13.4. The van der Waals surface area contributed by atoms with Gasteiger partial charge in [-0.05, 0) is 44.0 Å². The van der Waals surface area contributed by atoms with Gasteiger partial charge in [0, 0.05) is 35.7 Å². The Morgan fingerprint density at radius 3 is 2.15 bits per heavy atom. The first-order valence-corrected chi connectivity index (χ1v) is 13.3. The van der Waals surface area contributed by atoms with Crippen molar-refractivity contribution in [3.63, 3.8) is 0 Å². The molecule has 10 heteroatoms. The topological polar surface area (TPSA) is 86.8 Å². The highest BCUT2D eigenvalue weighted by molar-refractivity contribution is 7.89. The molecule has 0 heterocycles. The molecule has 7 nitrogen and oxygen atoms in total. The quantitative estimate of drug-likeness (QED) is 0.473. The molecule has 2 aromatic carbocycles. The van der Waals surface area contributed by atoms with Gasteiger partial charge in [-0.2, -0.15) is 4.31 Å². The van der Waals surface area contributed by atoms with Gasteiger partial charge in [0.05, 0.1) is 11.4 Å². The number of carbonyl (C=O) groups excluding carboxylic acids is 2. The molecule has 0 fully saturated rings. The van der Waals surface area contributed by atoms with Gasteiger partial charge in [0.1, 0.15) is 6.04 Å². The summed E-state index contributed by atoms with van der Waals surface area (Å²) in [7, 11) is -2.57. The zero-order chi connectivity index (χ0) is 25.5. The van der Waals surface area contributed by atoms with E-state index in [-0.39, 0.29) is 17.3 Å². The lowest BCUT2D eigenvalue weighted by Crippen LogP contribution is -2.51. The number of benzene rings is 2. The first kappa shape index (κ1) is 28.1. The number of nitrogens with zero attached hydrogens (tertiary/aromatic N) is 2. The molecule has 1 unspecified atom stereocenters. The Bertz CT molecular complexity index is 1090. The van der Waals surface area contributed by atoms with Crippen molar-refractivity contribution in [2.75, 3.05) is 20.1 Å². The van der Waals surface area contributed by atoms with Crippen LogP contribution in [0.25, 0.3) is 0 Å². The van der Waals surface area contributed by atoms with Crippen molar-refractivity contribution in [1.29, 1.82) is 0 Å². The van der Waals surface area contributed by atoms with Gasteiger partial charge in [-0.3, -0.25) is 9.59 Å². The third-order valence-electron chi connectivity index (χ3n) is 5.41. The third kappa shape index (κ3) is 6.95. The van der Waals surface area contributed by atoms with Crippen LogP contribution in [0.1, 0.15) is 37.8 Å². The van der Waals surface area contributed by atoms with Crippen LogP contribution in [-0.2, 0) is 26.2 Å². The van der Waals surface area contributed by atoms with Gasteiger partial charge in [-0.15, -0.1) is 0 Å². The number of amides is 2. The minimum Gasteiger partial charge on any atom is -0.354 e. The normalized spacial score (nSPS) is 12.4. The molecule has 1 N–H and O–H groups in total. The van der Waals surface area contributed by atoms with Crippen molar-refractivity contribution in [3.05, 3.63) is 63.6 Å². The number of nitrogens with one attached hydrogen (secondary N) is 1. The SMILES string of the molecule is CCCNC(=O)C(CC)N(Cc1c(Cl)cccc1Cl)C(=O)CN(C)S(=O)(=O)c1ccc(C)cc1. The fourth-order valence-corrected chi connectivity index (χ4v) is 5.03. The van der Waals surface area contributed by atoms with Gasteiger partial charge < -0.3 is 10.2 Å². The van der Waals surface area contributed by atoms with E-state index in [2.05, 4.69) is 5.32 Å². The summed E-state index contributed by atoms with van der Waals surface area (Å²) in [6.45, 7) is 5.56. The predicted molar refractivity (Wildman–Crippen MR) is 135 cm³/mol. The largest absolute Gasteiger partial charge is 0.354 e. The van der Waals surface area contributed by atoms with Crippen LogP contribution in [0.3, 0.4) is 0 Å². The molecule has 0 saturated carbocycles. The number of hydrogen-bond donors (Lipinski definition) is 1. The molecule has 1 atom stereocenters. The van der Waals surface area contributed by atoms with Gasteiger partial charge in [0.15, 0.2) is 0 Å². The number of rotatable bonds is 11. The molecule has 0 radical (unpaired) electrons. The average molecular weight is 529 g/mol. The Hall–Kier alpha value is -2.13. The van der Waals surface area contributed by atoms with Gasteiger partial charge >= 0.3 is 0 Å². The first-order chi connectivity index (χ1) is 16.0.